The second-order valence-corrected chi connectivity index (χ2v) is 9.22. The second kappa shape index (κ2) is 9.44. The van der Waals surface area contributed by atoms with Gasteiger partial charge in [-0.1, -0.05) is 19.9 Å². The molecule has 2 unspecified atom stereocenters. The van der Waals surface area contributed by atoms with E-state index in [9.17, 15) is 9.59 Å². The molecule has 5 rings (SSSR count). The van der Waals surface area contributed by atoms with Gasteiger partial charge in [-0.2, -0.15) is 0 Å². The van der Waals surface area contributed by atoms with Crippen LogP contribution >= 0.6 is 0 Å². The quantitative estimate of drug-likeness (QED) is 0.726. The molecule has 0 bridgehead atoms. The van der Waals surface area contributed by atoms with Crippen LogP contribution < -0.4 is 29.2 Å². The van der Waals surface area contributed by atoms with Crippen LogP contribution in [0, 0.1) is 11.8 Å². The molecule has 3 heterocycles. The number of carbonyl (C=O) groups is 2. The summed E-state index contributed by atoms with van der Waals surface area (Å²) in [6, 6.07) is 11.1. The van der Waals surface area contributed by atoms with Crippen molar-refractivity contribution in [2.24, 2.45) is 11.8 Å². The lowest BCUT2D eigenvalue weighted by atomic mass is 9.94. The van der Waals surface area contributed by atoms with Gasteiger partial charge in [0.05, 0.1) is 25.2 Å². The van der Waals surface area contributed by atoms with Crippen LogP contribution in [-0.4, -0.2) is 44.8 Å². The topological polar surface area (TPSA) is 86.3 Å². The Morgan fingerprint density at radius 3 is 2.32 bits per heavy atom. The van der Waals surface area contributed by atoms with Crippen molar-refractivity contribution in [1.29, 1.82) is 0 Å². The average molecular weight is 467 g/mol. The molecule has 2 aromatic rings. The van der Waals surface area contributed by atoms with Gasteiger partial charge < -0.3 is 29.2 Å². The van der Waals surface area contributed by atoms with E-state index in [0.717, 1.165) is 17.7 Å². The molecule has 0 spiro atoms. The third-order valence-electron chi connectivity index (χ3n) is 6.43. The van der Waals surface area contributed by atoms with Crippen LogP contribution in [0.15, 0.2) is 36.4 Å². The Balaban J connectivity index is 1.29. The van der Waals surface area contributed by atoms with Crippen molar-refractivity contribution in [3.05, 3.63) is 42.0 Å². The van der Waals surface area contributed by atoms with E-state index in [1.807, 2.05) is 30.3 Å². The Labute approximate surface area is 199 Å². The summed E-state index contributed by atoms with van der Waals surface area (Å²) in [5.41, 5.74) is 1.67. The van der Waals surface area contributed by atoms with Gasteiger partial charge in [-0.3, -0.25) is 9.59 Å². The van der Waals surface area contributed by atoms with Gasteiger partial charge in [0.1, 0.15) is 13.2 Å². The number of amides is 2. The Kier molecular flexibility index (Phi) is 6.22. The molecule has 3 aliphatic rings. The van der Waals surface area contributed by atoms with E-state index in [4.69, 9.17) is 18.9 Å². The maximum atomic E-state index is 13.2. The second-order valence-electron chi connectivity index (χ2n) is 9.22. The molecule has 3 aliphatic heterocycles. The fourth-order valence-corrected chi connectivity index (χ4v) is 4.61. The smallest absolute Gasteiger partial charge is 0.227 e. The fraction of sp³-hybridized carbons (Fsp3) is 0.462. The fourth-order valence-electron chi connectivity index (χ4n) is 4.61. The molecule has 2 amide bonds. The van der Waals surface area contributed by atoms with Gasteiger partial charge in [-0.15, -0.1) is 0 Å². The number of carbonyl (C=O) groups excluding carboxylic acids is 2. The molecule has 8 heteroatoms. The summed E-state index contributed by atoms with van der Waals surface area (Å²) in [5.74, 6) is 2.25. The Hall–Kier alpha value is -3.42. The SMILES string of the molecule is CC(C)C(NC(=O)C1CC(=O)N(c2ccc3c(c2)OCCO3)C1)c1ccc2c(c1)OCCCO2. The van der Waals surface area contributed by atoms with Gasteiger partial charge >= 0.3 is 0 Å². The van der Waals surface area contributed by atoms with Crippen molar-refractivity contribution in [1.82, 2.24) is 5.32 Å². The van der Waals surface area contributed by atoms with Gasteiger partial charge in [-0.05, 0) is 35.7 Å². The number of nitrogens with one attached hydrogen (secondary N) is 1. The third-order valence-corrected chi connectivity index (χ3v) is 6.43. The highest BCUT2D eigenvalue weighted by Gasteiger charge is 2.37. The maximum absolute atomic E-state index is 13.2. The van der Waals surface area contributed by atoms with Gasteiger partial charge in [0.2, 0.25) is 11.8 Å². The standard InChI is InChI=1S/C26H30N2O6/c1-16(2)25(17-4-6-20-22(12-17)32-9-3-8-31-20)27-26(30)18-13-24(29)28(15-18)19-5-7-21-23(14-19)34-11-10-33-21/h4-7,12,14,16,18,25H,3,8-11,13,15H2,1-2H3,(H,27,30). The summed E-state index contributed by atoms with van der Waals surface area (Å²) in [4.78, 5) is 27.7. The van der Waals surface area contributed by atoms with Crippen LogP contribution in [-0.2, 0) is 9.59 Å². The molecule has 2 aromatic carbocycles. The predicted molar refractivity (Wildman–Crippen MR) is 126 cm³/mol. The van der Waals surface area contributed by atoms with Crippen molar-refractivity contribution < 1.29 is 28.5 Å². The van der Waals surface area contributed by atoms with E-state index in [-0.39, 0.29) is 30.2 Å². The first-order valence-corrected chi connectivity index (χ1v) is 11.9. The maximum Gasteiger partial charge on any atom is 0.227 e. The molecule has 34 heavy (non-hydrogen) atoms. The van der Waals surface area contributed by atoms with E-state index in [0.29, 0.717) is 55.9 Å². The monoisotopic (exact) mass is 466 g/mol. The van der Waals surface area contributed by atoms with Gasteiger partial charge in [-0.25, -0.2) is 0 Å². The Morgan fingerprint density at radius 2 is 1.56 bits per heavy atom. The minimum Gasteiger partial charge on any atom is -0.490 e. The van der Waals surface area contributed by atoms with Crippen molar-refractivity contribution >= 4 is 17.5 Å². The number of benzene rings is 2. The highest BCUT2D eigenvalue weighted by molar-refractivity contribution is 6.00. The number of anilines is 1. The molecule has 1 saturated heterocycles. The highest BCUT2D eigenvalue weighted by Crippen LogP contribution is 2.37. The van der Waals surface area contributed by atoms with Gasteiger partial charge in [0.25, 0.3) is 0 Å². The third kappa shape index (κ3) is 4.49. The summed E-state index contributed by atoms with van der Waals surface area (Å²) in [6.45, 7) is 6.69. The molecular formula is C26H30N2O6. The van der Waals surface area contributed by atoms with Crippen molar-refractivity contribution in [2.45, 2.75) is 32.7 Å². The number of fused-ring (bicyclic) bond motifs is 2. The molecule has 2 atom stereocenters. The summed E-state index contributed by atoms with van der Waals surface area (Å²) >= 11 is 0. The van der Waals surface area contributed by atoms with Crippen LogP contribution in [0.4, 0.5) is 5.69 Å². The zero-order valence-corrected chi connectivity index (χ0v) is 19.5. The lowest BCUT2D eigenvalue weighted by molar-refractivity contribution is -0.127. The summed E-state index contributed by atoms with van der Waals surface area (Å²) in [6.07, 6.45) is 1.01. The summed E-state index contributed by atoms with van der Waals surface area (Å²) in [5, 5.41) is 3.18. The molecule has 1 N–H and O–H groups in total. The molecule has 8 nitrogen and oxygen atoms in total. The molecule has 180 valence electrons. The molecule has 1 fully saturated rings. The van der Waals surface area contributed by atoms with Gasteiger partial charge in [0, 0.05) is 31.1 Å². The predicted octanol–water partition coefficient (Wildman–Crippen LogP) is 3.49. The van der Waals surface area contributed by atoms with E-state index in [1.54, 1.807) is 11.0 Å². The molecule has 0 aliphatic carbocycles. The Bertz CT molecular complexity index is 1080. The minimum absolute atomic E-state index is 0.0755. The molecule has 0 saturated carbocycles. The lowest BCUT2D eigenvalue weighted by Gasteiger charge is -2.25. The summed E-state index contributed by atoms with van der Waals surface area (Å²) < 4.78 is 22.8. The van der Waals surface area contributed by atoms with E-state index < -0.39 is 5.92 Å². The van der Waals surface area contributed by atoms with Crippen molar-refractivity contribution in [3.8, 4) is 23.0 Å². The van der Waals surface area contributed by atoms with E-state index in [1.165, 1.54) is 0 Å². The first kappa shape index (κ1) is 22.4. The number of hydrogen-bond acceptors (Lipinski definition) is 6. The van der Waals surface area contributed by atoms with E-state index in [2.05, 4.69) is 19.2 Å². The summed E-state index contributed by atoms with van der Waals surface area (Å²) in [7, 11) is 0. The van der Waals surface area contributed by atoms with E-state index >= 15 is 0 Å². The first-order valence-electron chi connectivity index (χ1n) is 11.9. The number of ether oxygens (including phenoxy) is 4. The van der Waals surface area contributed by atoms with Crippen LogP contribution in [0.1, 0.15) is 38.3 Å². The van der Waals surface area contributed by atoms with Crippen molar-refractivity contribution in [2.75, 3.05) is 37.9 Å². The molecule has 0 radical (unpaired) electrons. The first-order chi connectivity index (χ1) is 16.5. The molecular weight excluding hydrogens is 436 g/mol. The van der Waals surface area contributed by atoms with Crippen LogP contribution in [0.3, 0.4) is 0 Å². The lowest BCUT2D eigenvalue weighted by Crippen LogP contribution is -2.37. The Morgan fingerprint density at radius 1 is 0.912 bits per heavy atom. The largest absolute Gasteiger partial charge is 0.490 e. The highest BCUT2D eigenvalue weighted by atomic mass is 16.6. The van der Waals surface area contributed by atoms with Crippen molar-refractivity contribution in [3.63, 3.8) is 0 Å². The minimum atomic E-state index is -0.428. The van der Waals surface area contributed by atoms with Crippen LogP contribution in [0.25, 0.3) is 0 Å². The van der Waals surface area contributed by atoms with Crippen LogP contribution in [0.2, 0.25) is 0 Å². The zero-order valence-electron chi connectivity index (χ0n) is 19.5. The molecule has 0 aromatic heterocycles. The number of rotatable bonds is 5. The normalized spacial score (nSPS) is 20.1. The zero-order chi connectivity index (χ0) is 23.7. The van der Waals surface area contributed by atoms with Gasteiger partial charge in [0.15, 0.2) is 23.0 Å². The number of hydrogen-bond donors (Lipinski definition) is 1. The van der Waals surface area contributed by atoms with Crippen LogP contribution in [0.5, 0.6) is 23.0 Å². The average Bonchev–Trinajstić information content (AvgIpc) is 3.08. The number of nitrogens with zero attached hydrogens (tertiary/aromatic N) is 1.